The fourth-order valence-electron chi connectivity index (χ4n) is 3.10. The Morgan fingerprint density at radius 2 is 1.55 bits per heavy atom. The van der Waals surface area contributed by atoms with Crippen molar-refractivity contribution in [2.75, 3.05) is 17.3 Å². The van der Waals surface area contributed by atoms with Gasteiger partial charge >= 0.3 is 5.97 Å². The lowest BCUT2D eigenvalue weighted by molar-refractivity contribution is -0.120. The summed E-state index contributed by atoms with van der Waals surface area (Å²) in [7, 11) is 1.52. The van der Waals surface area contributed by atoms with Gasteiger partial charge < -0.3 is 14.8 Å². The lowest BCUT2D eigenvalue weighted by Gasteiger charge is -2.15. The third-order valence-electron chi connectivity index (χ3n) is 4.75. The Hall–Kier alpha value is -3.81. The quantitative estimate of drug-likeness (QED) is 0.302. The van der Waals surface area contributed by atoms with Gasteiger partial charge in [-0.05, 0) is 60.7 Å². The number of carbonyl (C=O) groups excluding carboxylic acids is 3. The number of amides is 2. The van der Waals surface area contributed by atoms with Gasteiger partial charge in [0, 0.05) is 16.8 Å². The van der Waals surface area contributed by atoms with Gasteiger partial charge in [0.15, 0.2) is 0 Å². The first-order chi connectivity index (χ1) is 15.9. The van der Waals surface area contributed by atoms with E-state index in [9.17, 15) is 14.4 Å². The summed E-state index contributed by atoms with van der Waals surface area (Å²) >= 11 is 12.0. The van der Waals surface area contributed by atoms with Crippen LogP contribution < -0.4 is 19.7 Å². The van der Waals surface area contributed by atoms with Crippen LogP contribution in [0.15, 0.2) is 83.5 Å². The molecule has 0 saturated heterocycles. The van der Waals surface area contributed by atoms with E-state index in [2.05, 4.69) is 5.32 Å². The average Bonchev–Trinajstić information content (AvgIpc) is 3.03. The number of hydrogen-bond donors (Lipinski definition) is 1. The molecule has 7 nitrogen and oxygen atoms in total. The lowest BCUT2D eigenvalue weighted by atomic mass is 10.2. The van der Waals surface area contributed by atoms with Crippen LogP contribution in [0, 0.1) is 0 Å². The Bertz CT molecular complexity index is 1270. The molecule has 3 aromatic carbocycles. The number of hydrogen-bond acceptors (Lipinski definition) is 6. The Morgan fingerprint density at radius 1 is 0.879 bits per heavy atom. The molecular weight excluding hydrogens is 467 g/mol. The van der Waals surface area contributed by atoms with Crippen LogP contribution in [-0.2, 0) is 9.59 Å². The molecule has 0 bridgehead atoms. The van der Waals surface area contributed by atoms with Crippen molar-refractivity contribution >= 4 is 52.4 Å². The van der Waals surface area contributed by atoms with E-state index >= 15 is 0 Å². The standard InChI is InChI=1S/C24H16Cl2N2O5/c1-32-18-3-2-4-19(13-18)33-24(31)14-5-9-16(10-6-14)27-21-20(26)22(29)28(23(21)30)17-11-7-15(25)8-12-17/h2-13,27H,1H3. The third kappa shape index (κ3) is 4.69. The van der Waals surface area contributed by atoms with Crippen molar-refractivity contribution < 1.29 is 23.9 Å². The van der Waals surface area contributed by atoms with Crippen LogP contribution in [0.25, 0.3) is 0 Å². The molecule has 1 heterocycles. The maximum Gasteiger partial charge on any atom is 0.343 e. The molecule has 0 atom stereocenters. The van der Waals surface area contributed by atoms with Crippen LogP contribution in [0.3, 0.4) is 0 Å². The first kappa shape index (κ1) is 22.4. The minimum Gasteiger partial charge on any atom is -0.497 e. The van der Waals surface area contributed by atoms with E-state index in [1.165, 1.54) is 19.2 Å². The average molecular weight is 483 g/mol. The van der Waals surface area contributed by atoms with Crippen molar-refractivity contribution in [3.63, 3.8) is 0 Å². The number of ether oxygens (including phenoxy) is 2. The molecule has 0 aromatic heterocycles. The van der Waals surface area contributed by atoms with E-state index in [-0.39, 0.29) is 10.7 Å². The monoisotopic (exact) mass is 482 g/mol. The highest BCUT2D eigenvalue weighted by molar-refractivity contribution is 6.53. The molecular formula is C24H16Cl2N2O5. The number of halogens is 2. The Labute approximate surface area is 199 Å². The van der Waals surface area contributed by atoms with Crippen LogP contribution in [0.2, 0.25) is 5.02 Å². The van der Waals surface area contributed by atoms with Crippen molar-refractivity contribution in [1.82, 2.24) is 0 Å². The number of anilines is 2. The molecule has 2 amide bonds. The van der Waals surface area contributed by atoms with Crippen molar-refractivity contribution in [2.45, 2.75) is 0 Å². The molecule has 166 valence electrons. The fourth-order valence-corrected chi connectivity index (χ4v) is 3.44. The third-order valence-corrected chi connectivity index (χ3v) is 5.36. The van der Waals surface area contributed by atoms with Gasteiger partial charge in [-0.3, -0.25) is 9.59 Å². The summed E-state index contributed by atoms with van der Waals surface area (Å²) in [6.45, 7) is 0. The number of nitrogens with one attached hydrogen (secondary N) is 1. The highest BCUT2D eigenvalue weighted by Crippen LogP contribution is 2.31. The zero-order chi connectivity index (χ0) is 23.5. The van der Waals surface area contributed by atoms with E-state index in [0.717, 1.165) is 4.90 Å². The highest BCUT2D eigenvalue weighted by atomic mass is 35.5. The minimum absolute atomic E-state index is 0.0664. The topological polar surface area (TPSA) is 84.9 Å². The van der Waals surface area contributed by atoms with Crippen LogP contribution in [-0.4, -0.2) is 24.9 Å². The second kappa shape index (κ2) is 9.36. The summed E-state index contributed by atoms with van der Waals surface area (Å²) in [5, 5.41) is 3.09. The molecule has 1 N–H and O–H groups in total. The molecule has 1 aliphatic heterocycles. The largest absolute Gasteiger partial charge is 0.497 e. The molecule has 0 saturated carbocycles. The number of methoxy groups -OCH3 is 1. The van der Waals surface area contributed by atoms with Gasteiger partial charge in [0.1, 0.15) is 22.2 Å². The zero-order valence-corrected chi connectivity index (χ0v) is 18.7. The normalized spacial score (nSPS) is 13.4. The first-order valence-corrected chi connectivity index (χ1v) is 10.4. The fraction of sp³-hybridized carbons (Fsp3) is 0.0417. The highest BCUT2D eigenvalue weighted by Gasteiger charge is 2.38. The summed E-state index contributed by atoms with van der Waals surface area (Å²) in [4.78, 5) is 38.7. The minimum atomic E-state index is -0.648. The first-order valence-electron chi connectivity index (χ1n) is 9.65. The van der Waals surface area contributed by atoms with Gasteiger partial charge in [0.25, 0.3) is 11.8 Å². The Kier molecular flexibility index (Phi) is 6.35. The summed E-state index contributed by atoms with van der Waals surface area (Å²) in [5.74, 6) is -0.906. The van der Waals surface area contributed by atoms with Crippen LogP contribution in [0.5, 0.6) is 11.5 Å². The number of benzene rings is 3. The maximum absolute atomic E-state index is 12.8. The van der Waals surface area contributed by atoms with Crippen LogP contribution >= 0.6 is 23.2 Å². The van der Waals surface area contributed by atoms with E-state index in [1.807, 2.05) is 0 Å². The number of imide groups is 1. The van der Waals surface area contributed by atoms with Gasteiger partial charge in [0.2, 0.25) is 0 Å². The number of carbonyl (C=O) groups is 3. The maximum atomic E-state index is 12.8. The Morgan fingerprint density at radius 3 is 2.21 bits per heavy atom. The summed E-state index contributed by atoms with van der Waals surface area (Å²) in [6.07, 6.45) is 0. The van der Waals surface area contributed by atoms with Crippen molar-refractivity contribution in [1.29, 1.82) is 0 Å². The molecule has 0 aliphatic carbocycles. The molecule has 1 aliphatic rings. The van der Waals surface area contributed by atoms with Crippen LogP contribution in [0.4, 0.5) is 11.4 Å². The second-order valence-corrected chi connectivity index (χ2v) is 7.70. The molecule has 3 aromatic rings. The van der Waals surface area contributed by atoms with E-state index in [0.29, 0.717) is 33.5 Å². The molecule has 0 unspecified atom stereocenters. The van der Waals surface area contributed by atoms with Gasteiger partial charge in [-0.2, -0.15) is 0 Å². The smallest absolute Gasteiger partial charge is 0.343 e. The van der Waals surface area contributed by atoms with E-state index in [1.54, 1.807) is 60.7 Å². The van der Waals surface area contributed by atoms with E-state index in [4.69, 9.17) is 32.7 Å². The molecule has 0 radical (unpaired) electrons. The molecule has 4 rings (SSSR count). The van der Waals surface area contributed by atoms with Gasteiger partial charge in [-0.15, -0.1) is 0 Å². The van der Waals surface area contributed by atoms with Crippen LogP contribution in [0.1, 0.15) is 10.4 Å². The number of nitrogens with zero attached hydrogens (tertiary/aromatic N) is 1. The molecule has 0 fully saturated rings. The summed E-state index contributed by atoms with van der Waals surface area (Å²) < 4.78 is 10.5. The zero-order valence-electron chi connectivity index (χ0n) is 17.2. The van der Waals surface area contributed by atoms with Crippen molar-refractivity contribution in [3.05, 3.63) is 94.1 Å². The SMILES string of the molecule is COc1cccc(OC(=O)c2ccc(NC3=C(Cl)C(=O)N(c4ccc(Cl)cc4)C3=O)cc2)c1. The molecule has 9 heteroatoms. The van der Waals surface area contributed by atoms with Gasteiger partial charge in [0.05, 0.1) is 18.4 Å². The summed E-state index contributed by atoms with van der Waals surface area (Å²) in [6, 6.07) is 19.1. The summed E-state index contributed by atoms with van der Waals surface area (Å²) in [5.41, 5.74) is 1.03. The number of rotatable bonds is 6. The van der Waals surface area contributed by atoms with Gasteiger partial charge in [-0.25, -0.2) is 9.69 Å². The van der Waals surface area contributed by atoms with Crippen molar-refractivity contribution in [2.24, 2.45) is 0 Å². The lowest BCUT2D eigenvalue weighted by Crippen LogP contribution is -2.32. The molecule has 0 spiro atoms. The predicted molar refractivity (Wildman–Crippen MR) is 125 cm³/mol. The molecule has 33 heavy (non-hydrogen) atoms. The van der Waals surface area contributed by atoms with E-state index < -0.39 is 17.8 Å². The Balaban J connectivity index is 1.47. The number of esters is 1. The van der Waals surface area contributed by atoms with Crippen molar-refractivity contribution in [3.8, 4) is 11.5 Å². The van der Waals surface area contributed by atoms with Gasteiger partial charge in [-0.1, -0.05) is 29.3 Å². The predicted octanol–water partition coefficient (Wildman–Crippen LogP) is 5.00. The second-order valence-electron chi connectivity index (χ2n) is 6.88.